The highest BCUT2D eigenvalue weighted by atomic mass is 16.5. The van der Waals surface area contributed by atoms with Gasteiger partial charge in [-0.05, 0) is 32.1 Å². The molecule has 2 heteroatoms. The molecule has 0 aliphatic carbocycles. The topological polar surface area (TPSA) is 26.3 Å². The molecule has 0 fully saturated rings. The summed E-state index contributed by atoms with van der Waals surface area (Å²) in [7, 11) is 0. The van der Waals surface area contributed by atoms with Gasteiger partial charge in [0.15, 0.2) is 0 Å². The van der Waals surface area contributed by atoms with Gasteiger partial charge in [0.25, 0.3) is 0 Å². The van der Waals surface area contributed by atoms with Gasteiger partial charge >= 0.3 is 5.97 Å². The predicted octanol–water partition coefficient (Wildman–Crippen LogP) is 10.5. The monoisotopic (exact) mass is 450 g/mol. The second kappa shape index (κ2) is 28.2. The van der Waals surface area contributed by atoms with E-state index in [-0.39, 0.29) is 5.97 Å². The molecule has 0 unspecified atom stereocenters. The lowest BCUT2D eigenvalue weighted by Crippen LogP contribution is -2.05. The zero-order valence-corrected chi connectivity index (χ0v) is 22.1. The van der Waals surface area contributed by atoms with Crippen molar-refractivity contribution in [3.63, 3.8) is 0 Å². The van der Waals surface area contributed by atoms with Crippen LogP contribution in [0.4, 0.5) is 0 Å². The van der Waals surface area contributed by atoms with E-state index in [0.29, 0.717) is 13.0 Å². The smallest absolute Gasteiger partial charge is 0.305 e. The summed E-state index contributed by atoms with van der Waals surface area (Å²) in [6.45, 7) is 5.15. The second-order valence-electron chi connectivity index (χ2n) is 9.74. The fraction of sp³-hybridized carbons (Fsp3) is 0.900. The SMILES string of the molecule is CCCC/C=C\CCCCCCCCOC(=O)CCCCCCCCCCCCCCC. The van der Waals surface area contributed by atoms with Crippen LogP contribution in [0.15, 0.2) is 12.2 Å². The first kappa shape index (κ1) is 31.2. The van der Waals surface area contributed by atoms with E-state index in [9.17, 15) is 4.79 Å². The zero-order valence-electron chi connectivity index (χ0n) is 22.1. The van der Waals surface area contributed by atoms with Crippen LogP contribution in [0.3, 0.4) is 0 Å². The van der Waals surface area contributed by atoms with Gasteiger partial charge in [0.2, 0.25) is 0 Å². The average molecular weight is 451 g/mol. The highest BCUT2D eigenvalue weighted by Crippen LogP contribution is 2.13. The van der Waals surface area contributed by atoms with Gasteiger partial charge < -0.3 is 4.74 Å². The normalized spacial score (nSPS) is 11.4. The number of rotatable bonds is 26. The van der Waals surface area contributed by atoms with Crippen molar-refractivity contribution in [2.45, 2.75) is 168 Å². The first-order valence-corrected chi connectivity index (χ1v) is 14.6. The van der Waals surface area contributed by atoms with Crippen LogP contribution in [0.2, 0.25) is 0 Å². The molecule has 0 aliphatic heterocycles. The Hall–Kier alpha value is -0.790. The van der Waals surface area contributed by atoms with Gasteiger partial charge in [-0.2, -0.15) is 0 Å². The van der Waals surface area contributed by atoms with Crippen molar-refractivity contribution in [1.29, 1.82) is 0 Å². The lowest BCUT2D eigenvalue weighted by molar-refractivity contribution is -0.143. The van der Waals surface area contributed by atoms with Crippen molar-refractivity contribution >= 4 is 5.97 Å². The maximum Gasteiger partial charge on any atom is 0.305 e. The lowest BCUT2D eigenvalue weighted by atomic mass is 10.0. The van der Waals surface area contributed by atoms with Crippen molar-refractivity contribution in [2.24, 2.45) is 0 Å². The third kappa shape index (κ3) is 27.2. The minimum atomic E-state index is 0.0166. The van der Waals surface area contributed by atoms with Crippen LogP contribution < -0.4 is 0 Å². The molecular weight excluding hydrogens is 392 g/mol. The highest BCUT2D eigenvalue weighted by molar-refractivity contribution is 5.69. The number of carbonyl (C=O) groups is 1. The molecule has 32 heavy (non-hydrogen) atoms. The summed E-state index contributed by atoms with van der Waals surface area (Å²) in [5.74, 6) is 0.0166. The zero-order chi connectivity index (χ0) is 23.4. The van der Waals surface area contributed by atoms with Crippen molar-refractivity contribution in [3.8, 4) is 0 Å². The largest absolute Gasteiger partial charge is 0.466 e. The molecule has 190 valence electrons. The molecule has 0 heterocycles. The first-order chi connectivity index (χ1) is 15.8. The van der Waals surface area contributed by atoms with Crippen LogP contribution in [0.25, 0.3) is 0 Å². The molecule has 0 spiro atoms. The van der Waals surface area contributed by atoms with Crippen LogP contribution in [-0.2, 0) is 9.53 Å². The molecule has 0 saturated heterocycles. The Bertz CT molecular complexity index is 388. The van der Waals surface area contributed by atoms with Crippen molar-refractivity contribution in [3.05, 3.63) is 12.2 Å². The van der Waals surface area contributed by atoms with Crippen LogP contribution in [-0.4, -0.2) is 12.6 Å². The first-order valence-electron chi connectivity index (χ1n) is 14.6. The fourth-order valence-corrected chi connectivity index (χ4v) is 4.17. The second-order valence-corrected chi connectivity index (χ2v) is 9.74. The van der Waals surface area contributed by atoms with Gasteiger partial charge in [-0.25, -0.2) is 0 Å². The summed E-state index contributed by atoms with van der Waals surface area (Å²) in [6.07, 6.45) is 35.3. The molecule has 0 aromatic carbocycles. The number of hydrogen-bond donors (Lipinski definition) is 0. The van der Waals surface area contributed by atoms with E-state index in [1.807, 2.05) is 0 Å². The van der Waals surface area contributed by atoms with Crippen LogP contribution in [0, 0.1) is 0 Å². The summed E-state index contributed by atoms with van der Waals surface area (Å²) in [5, 5.41) is 0. The molecule has 0 radical (unpaired) electrons. The molecule has 0 N–H and O–H groups in total. The molecule has 0 saturated carbocycles. The molecular formula is C30H58O2. The van der Waals surface area contributed by atoms with Gasteiger partial charge in [-0.1, -0.05) is 142 Å². The molecule has 0 aromatic heterocycles. The third-order valence-electron chi connectivity index (χ3n) is 6.40. The standard InChI is InChI=1S/C30H58O2/c1-3-5-7-9-11-13-15-17-18-20-22-24-26-28-30(31)32-29-27-25-23-21-19-16-14-12-10-8-6-4-2/h10,12H,3-9,11,13-29H2,1-2H3/b12-10-. The quantitative estimate of drug-likeness (QED) is 0.0744. The van der Waals surface area contributed by atoms with E-state index in [1.54, 1.807) is 0 Å². The van der Waals surface area contributed by atoms with Gasteiger partial charge in [0.05, 0.1) is 6.61 Å². The van der Waals surface area contributed by atoms with Gasteiger partial charge in [0, 0.05) is 6.42 Å². The average Bonchev–Trinajstić information content (AvgIpc) is 2.80. The van der Waals surface area contributed by atoms with Crippen molar-refractivity contribution < 1.29 is 9.53 Å². The Morgan fingerprint density at radius 3 is 1.44 bits per heavy atom. The number of carbonyl (C=O) groups excluding carboxylic acids is 1. The summed E-state index contributed by atoms with van der Waals surface area (Å²) in [4.78, 5) is 11.8. The highest BCUT2D eigenvalue weighted by Gasteiger charge is 2.02. The Labute approximate surface area is 202 Å². The minimum absolute atomic E-state index is 0.0166. The van der Waals surface area contributed by atoms with E-state index in [0.717, 1.165) is 12.8 Å². The Morgan fingerprint density at radius 1 is 0.500 bits per heavy atom. The third-order valence-corrected chi connectivity index (χ3v) is 6.40. The molecule has 0 aromatic rings. The Kier molecular flexibility index (Phi) is 27.5. The van der Waals surface area contributed by atoms with Crippen molar-refractivity contribution in [1.82, 2.24) is 0 Å². The minimum Gasteiger partial charge on any atom is -0.466 e. The van der Waals surface area contributed by atoms with Crippen molar-refractivity contribution in [2.75, 3.05) is 6.61 Å². The number of esters is 1. The van der Waals surface area contributed by atoms with E-state index in [1.165, 1.54) is 135 Å². The summed E-state index contributed by atoms with van der Waals surface area (Å²) >= 11 is 0. The van der Waals surface area contributed by atoms with Crippen LogP contribution >= 0.6 is 0 Å². The van der Waals surface area contributed by atoms with Gasteiger partial charge in [0.1, 0.15) is 0 Å². The Balaban J connectivity index is 3.17. The molecule has 0 amide bonds. The lowest BCUT2D eigenvalue weighted by Gasteiger charge is -2.05. The van der Waals surface area contributed by atoms with Gasteiger partial charge in [-0.3, -0.25) is 4.79 Å². The number of hydrogen-bond acceptors (Lipinski definition) is 2. The van der Waals surface area contributed by atoms with E-state index in [2.05, 4.69) is 26.0 Å². The van der Waals surface area contributed by atoms with E-state index < -0.39 is 0 Å². The number of allylic oxidation sites excluding steroid dienone is 2. The molecule has 0 atom stereocenters. The maximum atomic E-state index is 11.8. The molecule has 2 nitrogen and oxygen atoms in total. The van der Waals surface area contributed by atoms with Crippen LogP contribution in [0.1, 0.15) is 168 Å². The Morgan fingerprint density at radius 2 is 0.906 bits per heavy atom. The van der Waals surface area contributed by atoms with Gasteiger partial charge in [-0.15, -0.1) is 0 Å². The van der Waals surface area contributed by atoms with E-state index in [4.69, 9.17) is 4.74 Å². The summed E-state index contributed by atoms with van der Waals surface area (Å²) in [5.41, 5.74) is 0. The predicted molar refractivity (Wildman–Crippen MR) is 142 cm³/mol. The number of unbranched alkanes of at least 4 members (excludes halogenated alkanes) is 20. The van der Waals surface area contributed by atoms with Crippen LogP contribution in [0.5, 0.6) is 0 Å². The maximum absolute atomic E-state index is 11.8. The molecule has 0 rings (SSSR count). The van der Waals surface area contributed by atoms with E-state index >= 15 is 0 Å². The summed E-state index contributed by atoms with van der Waals surface area (Å²) in [6, 6.07) is 0. The fourth-order valence-electron chi connectivity index (χ4n) is 4.17. The number of ether oxygens (including phenoxy) is 1. The molecule has 0 bridgehead atoms. The molecule has 0 aliphatic rings. The summed E-state index contributed by atoms with van der Waals surface area (Å²) < 4.78 is 5.39.